The molecule has 0 unspecified atom stereocenters. The maximum Gasteiger partial charge on any atom is 0.131 e. The van der Waals surface area contributed by atoms with Gasteiger partial charge in [0.05, 0.1) is 0 Å². The van der Waals surface area contributed by atoms with E-state index in [9.17, 15) is 4.39 Å². The summed E-state index contributed by atoms with van der Waals surface area (Å²) in [7, 11) is 2.11. The molecule has 0 fully saturated rings. The number of hydrogen-bond acceptors (Lipinski definition) is 2. The minimum atomic E-state index is -0.143. The first kappa shape index (κ1) is 15.9. The average Bonchev–Trinajstić information content (AvgIpc) is 2.47. The van der Waals surface area contributed by atoms with E-state index >= 15 is 0 Å². The fourth-order valence-electron chi connectivity index (χ4n) is 2.49. The van der Waals surface area contributed by atoms with Gasteiger partial charge in [-0.05, 0) is 36.5 Å². The van der Waals surface area contributed by atoms with Crippen molar-refractivity contribution in [2.75, 3.05) is 26.7 Å². The lowest BCUT2D eigenvalue weighted by Crippen LogP contribution is -2.30. The van der Waals surface area contributed by atoms with Crippen molar-refractivity contribution in [3.63, 3.8) is 0 Å². The maximum atomic E-state index is 13.8. The number of halogens is 1. The first-order chi connectivity index (χ1) is 10.1. The molecule has 0 saturated carbocycles. The number of benzene rings is 2. The van der Waals surface area contributed by atoms with Crippen molar-refractivity contribution < 1.29 is 4.39 Å². The second-order valence-electron chi connectivity index (χ2n) is 6.09. The van der Waals surface area contributed by atoms with Gasteiger partial charge in [0.15, 0.2) is 0 Å². The van der Waals surface area contributed by atoms with E-state index in [0.29, 0.717) is 11.3 Å². The number of nitrogens with one attached hydrogen (secondary N) is 1. The lowest BCUT2D eigenvalue weighted by Gasteiger charge is -2.19. The Balaban J connectivity index is 1.98. The first-order valence-electron chi connectivity index (χ1n) is 7.63. The molecule has 1 N–H and O–H groups in total. The van der Waals surface area contributed by atoms with Crippen molar-refractivity contribution >= 4 is 10.8 Å². The zero-order chi connectivity index (χ0) is 15.2. The summed E-state index contributed by atoms with van der Waals surface area (Å²) in [6, 6.07) is 11.2. The maximum absolute atomic E-state index is 13.8. The molecule has 21 heavy (non-hydrogen) atoms. The Morgan fingerprint density at radius 1 is 1.10 bits per heavy atom. The second-order valence-corrected chi connectivity index (χ2v) is 6.09. The standard InChI is InChI=1S/C18H25FN2/c1-14(2)12-20-10-11-21(3)13-15-8-9-18(19)17-7-5-4-6-16(15)17/h4-9,14,20H,10-13H2,1-3H3. The minimum absolute atomic E-state index is 0.143. The Bertz CT molecular complexity index is 580. The molecule has 0 aromatic heterocycles. The molecule has 0 aliphatic carbocycles. The third-order valence-electron chi connectivity index (χ3n) is 3.62. The van der Waals surface area contributed by atoms with Gasteiger partial charge < -0.3 is 10.2 Å². The van der Waals surface area contributed by atoms with Crippen molar-refractivity contribution in [3.05, 3.63) is 47.8 Å². The molecule has 0 amide bonds. The summed E-state index contributed by atoms with van der Waals surface area (Å²) in [4.78, 5) is 2.27. The summed E-state index contributed by atoms with van der Waals surface area (Å²) >= 11 is 0. The summed E-state index contributed by atoms with van der Waals surface area (Å²) in [5.74, 6) is 0.534. The molecule has 0 radical (unpaired) electrons. The molecule has 2 aromatic carbocycles. The predicted octanol–water partition coefficient (Wildman–Crippen LogP) is 3.66. The summed E-state index contributed by atoms with van der Waals surface area (Å²) in [5.41, 5.74) is 1.18. The van der Waals surface area contributed by atoms with Crippen LogP contribution in [0, 0.1) is 11.7 Å². The fraction of sp³-hybridized carbons (Fsp3) is 0.444. The average molecular weight is 288 g/mol. The predicted molar refractivity (Wildman–Crippen MR) is 87.9 cm³/mol. The van der Waals surface area contributed by atoms with E-state index in [1.54, 1.807) is 6.07 Å². The Labute approximate surface area is 127 Å². The normalized spacial score (nSPS) is 11.7. The van der Waals surface area contributed by atoms with Crippen LogP contribution in [-0.4, -0.2) is 31.6 Å². The third-order valence-corrected chi connectivity index (χ3v) is 3.62. The van der Waals surface area contributed by atoms with E-state index in [1.807, 2.05) is 30.3 Å². The molecule has 2 nitrogen and oxygen atoms in total. The molecule has 0 aliphatic heterocycles. The van der Waals surface area contributed by atoms with Crippen LogP contribution in [0.5, 0.6) is 0 Å². The van der Waals surface area contributed by atoms with Gasteiger partial charge in [0, 0.05) is 25.0 Å². The Kier molecular flexibility index (Phi) is 5.71. The van der Waals surface area contributed by atoms with Crippen molar-refractivity contribution in [1.82, 2.24) is 10.2 Å². The van der Waals surface area contributed by atoms with Crippen LogP contribution >= 0.6 is 0 Å². The van der Waals surface area contributed by atoms with Crippen LogP contribution in [0.4, 0.5) is 4.39 Å². The monoisotopic (exact) mass is 288 g/mol. The number of rotatable bonds is 7. The molecule has 0 saturated heterocycles. The number of likely N-dealkylation sites (N-methyl/N-ethyl adjacent to an activating group) is 1. The fourth-order valence-corrected chi connectivity index (χ4v) is 2.49. The van der Waals surface area contributed by atoms with E-state index in [0.717, 1.165) is 31.6 Å². The minimum Gasteiger partial charge on any atom is -0.315 e. The topological polar surface area (TPSA) is 15.3 Å². The SMILES string of the molecule is CC(C)CNCCN(C)Cc1ccc(F)c2ccccc12. The smallest absolute Gasteiger partial charge is 0.131 e. The van der Waals surface area contributed by atoms with E-state index in [2.05, 4.69) is 31.1 Å². The Morgan fingerprint density at radius 3 is 2.52 bits per heavy atom. The van der Waals surface area contributed by atoms with Crippen LogP contribution in [0.25, 0.3) is 10.8 Å². The second kappa shape index (κ2) is 7.53. The van der Waals surface area contributed by atoms with Crippen molar-refractivity contribution in [2.24, 2.45) is 5.92 Å². The highest BCUT2D eigenvalue weighted by molar-refractivity contribution is 5.86. The molecule has 114 valence electrons. The zero-order valence-corrected chi connectivity index (χ0v) is 13.2. The highest BCUT2D eigenvalue weighted by atomic mass is 19.1. The van der Waals surface area contributed by atoms with Crippen LogP contribution in [0.1, 0.15) is 19.4 Å². The molecule has 2 aromatic rings. The van der Waals surface area contributed by atoms with Crippen LogP contribution in [0.2, 0.25) is 0 Å². The van der Waals surface area contributed by atoms with Crippen molar-refractivity contribution in [3.8, 4) is 0 Å². The van der Waals surface area contributed by atoms with Crippen molar-refractivity contribution in [1.29, 1.82) is 0 Å². The zero-order valence-electron chi connectivity index (χ0n) is 13.2. The molecular formula is C18H25FN2. The summed E-state index contributed by atoms with van der Waals surface area (Å²) in [6.45, 7) is 8.27. The number of hydrogen-bond donors (Lipinski definition) is 1. The van der Waals surface area contributed by atoms with E-state index < -0.39 is 0 Å². The highest BCUT2D eigenvalue weighted by Crippen LogP contribution is 2.22. The molecule has 0 heterocycles. The molecule has 0 aliphatic rings. The summed E-state index contributed by atoms with van der Waals surface area (Å²) < 4.78 is 13.8. The molecule has 2 rings (SSSR count). The summed E-state index contributed by atoms with van der Waals surface area (Å²) in [5, 5.41) is 5.17. The van der Waals surface area contributed by atoms with Gasteiger partial charge in [-0.2, -0.15) is 0 Å². The lowest BCUT2D eigenvalue weighted by molar-refractivity contribution is 0.322. The van der Waals surface area contributed by atoms with Crippen LogP contribution in [-0.2, 0) is 6.54 Å². The molecule has 0 bridgehead atoms. The quantitative estimate of drug-likeness (QED) is 0.782. The highest BCUT2D eigenvalue weighted by Gasteiger charge is 2.07. The van der Waals surface area contributed by atoms with E-state index in [-0.39, 0.29) is 5.82 Å². The molecule has 3 heteroatoms. The van der Waals surface area contributed by atoms with Gasteiger partial charge >= 0.3 is 0 Å². The van der Waals surface area contributed by atoms with Crippen LogP contribution < -0.4 is 5.32 Å². The first-order valence-corrected chi connectivity index (χ1v) is 7.63. The molecule has 0 atom stereocenters. The van der Waals surface area contributed by atoms with Gasteiger partial charge in [0.25, 0.3) is 0 Å². The number of nitrogens with zero attached hydrogens (tertiary/aromatic N) is 1. The van der Waals surface area contributed by atoms with Gasteiger partial charge in [0.2, 0.25) is 0 Å². The van der Waals surface area contributed by atoms with Crippen LogP contribution in [0.15, 0.2) is 36.4 Å². The molecule has 0 spiro atoms. The Morgan fingerprint density at radius 2 is 1.81 bits per heavy atom. The van der Waals surface area contributed by atoms with Crippen molar-refractivity contribution in [2.45, 2.75) is 20.4 Å². The van der Waals surface area contributed by atoms with Gasteiger partial charge in [-0.1, -0.05) is 44.2 Å². The van der Waals surface area contributed by atoms with Crippen LogP contribution in [0.3, 0.4) is 0 Å². The largest absolute Gasteiger partial charge is 0.315 e. The van der Waals surface area contributed by atoms with Gasteiger partial charge in [0.1, 0.15) is 5.82 Å². The summed E-state index contributed by atoms with van der Waals surface area (Å²) in [6.07, 6.45) is 0. The lowest BCUT2D eigenvalue weighted by atomic mass is 10.0. The number of fused-ring (bicyclic) bond motifs is 1. The van der Waals surface area contributed by atoms with Gasteiger partial charge in [-0.3, -0.25) is 0 Å². The molecular weight excluding hydrogens is 263 g/mol. The van der Waals surface area contributed by atoms with E-state index in [4.69, 9.17) is 0 Å². The van der Waals surface area contributed by atoms with Gasteiger partial charge in [-0.15, -0.1) is 0 Å². The Hall–Kier alpha value is -1.45. The third kappa shape index (κ3) is 4.51. The van der Waals surface area contributed by atoms with Gasteiger partial charge in [-0.25, -0.2) is 4.39 Å². The van der Waals surface area contributed by atoms with E-state index in [1.165, 1.54) is 5.56 Å².